The van der Waals surface area contributed by atoms with E-state index in [1.54, 1.807) is 48.5 Å². The molecule has 22 nitrogen and oxygen atoms in total. The van der Waals surface area contributed by atoms with Gasteiger partial charge >= 0.3 is 94.9 Å². The number of aromatic carboxylic acids is 2. The van der Waals surface area contributed by atoms with E-state index in [1.807, 2.05) is 0 Å². The number of nitrogens with zero attached hydrogens (tertiary/aromatic N) is 4. The summed E-state index contributed by atoms with van der Waals surface area (Å²) < 4.78 is 96.1. The number of benzene rings is 6. The molecule has 0 atom stereocenters. The third-order valence-corrected chi connectivity index (χ3v) is 14.1. The Bertz CT molecular complexity index is 3470. The number of ether oxygens (including phenoxy) is 4. The van der Waals surface area contributed by atoms with Crippen molar-refractivity contribution in [3.63, 3.8) is 0 Å². The van der Waals surface area contributed by atoms with Crippen molar-refractivity contribution >= 4 is 78.8 Å². The molecule has 6 aromatic carbocycles. The zero-order valence-corrected chi connectivity index (χ0v) is 52.0. The van der Waals surface area contributed by atoms with Crippen LogP contribution in [-0.2, 0) is 58.6 Å². The van der Waals surface area contributed by atoms with Gasteiger partial charge in [0, 0.05) is 12.2 Å². The average Bonchev–Trinajstić information content (AvgIpc) is 3.64. The van der Waals surface area contributed by atoms with Gasteiger partial charge in [-0.05, 0) is 152 Å². The fourth-order valence-electron chi connectivity index (χ4n) is 8.04. The molecule has 0 amide bonds. The molecule has 6 aromatic rings. The number of carbonyl (C=O) groups is 6. The van der Waals surface area contributed by atoms with Gasteiger partial charge in [-0.2, -0.15) is 20.5 Å². The van der Waals surface area contributed by atoms with Crippen molar-refractivity contribution in [2.75, 3.05) is 13.2 Å². The molecule has 0 saturated carbocycles. The Balaban J connectivity index is 0.00000774. The Kier molecular flexibility index (Phi) is 28.0. The van der Waals surface area contributed by atoms with E-state index in [9.17, 15) is 64.9 Å². The number of hydrogen-bond acceptors (Lipinski definition) is 20. The van der Waals surface area contributed by atoms with E-state index in [2.05, 4.69) is 33.6 Å². The van der Waals surface area contributed by atoms with E-state index in [0.717, 1.165) is 124 Å². The number of carboxylic acid groups (broad SMARTS) is 2. The Labute approximate surface area is 534 Å². The van der Waals surface area contributed by atoms with E-state index < -0.39 is 83.4 Å². The largest absolute Gasteiger partial charge is 1.00 e. The summed E-state index contributed by atoms with van der Waals surface area (Å²) in [5.74, 6) is -6.19. The molecule has 0 saturated heterocycles. The number of carbonyl (C=O) groups excluding carboxylic acids is 4. The Morgan fingerprint density at radius 1 is 0.459 bits per heavy atom. The van der Waals surface area contributed by atoms with Gasteiger partial charge in [-0.15, -0.1) is 0 Å². The summed E-state index contributed by atoms with van der Waals surface area (Å²) in [7, 11) is -10.6. The molecule has 2 N–H and O–H groups in total. The first-order chi connectivity index (χ1) is 39.6. The monoisotopic (exact) mass is 1220 g/mol. The molecule has 85 heavy (non-hydrogen) atoms. The number of hydrogen-bond donors (Lipinski definition) is 2. The van der Waals surface area contributed by atoms with Crippen LogP contribution in [0.3, 0.4) is 0 Å². The van der Waals surface area contributed by atoms with Crippen LogP contribution in [0.15, 0.2) is 177 Å². The maximum atomic E-state index is 13.0. The molecule has 0 aliphatic heterocycles. The van der Waals surface area contributed by atoms with Crippen LogP contribution >= 0.6 is 0 Å². The first kappa shape index (κ1) is 70.1. The van der Waals surface area contributed by atoms with E-state index in [-0.39, 0.29) is 116 Å². The molecule has 0 aliphatic carbocycles. The van der Waals surface area contributed by atoms with Crippen LogP contribution in [0.25, 0.3) is 0 Å². The van der Waals surface area contributed by atoms with E-state index in [0.29, 0.717) is 13.2 Å². The zero-order chi connectivity index (χ0) is 60.1. The summed E-state index contributed by atoms with van der Waals surface area (Å²) in [5, 5.41) is 35.7. The van der Waals surface area contributed by atoms with Gasteiger partial charge in [0.15, 0.2) is 0 Å². The van der Waals surface area contributed by atoms with Crippen molar-refractivity contribution in [3.8, 4) is 11.5 Å². The number of carboxylic acids is 2. The summed E-state index contributed by atoms with van der Waals surface area (Å²) in [5.41, 5.74) is 0.234. The van der Waals surface area contributed by atoms with Crippen molar-refractivity contribution in [2.45, 2.75) is 80.4 Å². The van der Waals surface area contributed by atoms with Crippen LogP contribution in [0, 0.1) is 0 Å². The molecule has 26 heteroatoms. The quantitative estimate of drug-likeness (QED) is 0.0108. The predicted octanol–water partition coefficient (Wildman–Crippen LogP) is 5.42. The van der Waals surface area contributed by atoms with Gasteiger partial charge in [-0.1, -0.05) is 75.2 Å². The van der Waals surface area contributed by atoms with Crippen LogP contribution < -0.4 is 68.6 Å². The molecule has 0 aromatic heterocycles. The van der Waals surface area contributed by atoms with E-state index in [1.165, 1.54) is 36.4 Å². The van der Waals surface area contributed by atoms with Gasteiger partial charge in [0.2, 0.25) is 0 Å². The number of rotatable bonds is 30. The van der Waals surface area contributed by atoms with Gasteiger partial charge in [0.25, 0.3) is 0 Å². The fraction of sp³-hybridized carbons (Fsp3) is 0.220. The minimum Gasteiger partial charge on any atom is -0.744 e. The van der Waals surface area contributed by atoms with Crippen molar-refractivity contribution in [2.24, 2.45) is 20.5 Å². The molecular weight excluding hydrogens is 1160 g/mol. The maximum absolute atomic E-state index is 13.0. The van der Waals surface area contributed by atoms with Gasteiger partial charge in [0.05, 0.1) is 56.9 Å². The minimum absolute atomic E-state index is 0. The number of azo groups is 2. The zero-order valence-electron chi connectivity index (χ0n) is 46.3. The van der Waals surface area contributed by atoms with Crippen molar-refractivity contribution in [1.82, 2.24) is 0 Å². The van der Waals surface area contributed by atoms with E-state index in [4.69, 9.17) is 18.9 Å². The topological polar surface area (TPSA) is 344 Å². The molecule has 0 aliphatic rings. The Morgan fingerprint density at radius 3 is 1.12 bits per heavy atom. The van der Waals surface area contributed by atoms with Gasteiger partial charge < -0.3 is 38.3 Å². The van der Waals surface area contributed by atoms with Gasteiger partial charge in [-0.25, -0.2) is 45.6 Å². The fourth-order valence-corrected chi connectivity index (χ4v) is 9.50. The summed E-state index contributed by atoms with van der Waals surface area (Å²) in [6.45, 7) is 7.33. The molecule has 0 radical (unpaired) electrons. The summed E-state index contributed by atoms with van der Waals surface area (Å²) in [6.07, 6.45) is 9.75. The second-order valence-electron chi connectivity index (χ2n) is 18.3. The molecular formula is C59H54N4Na2O18S2. The smallest absolute Gasteiger partial charge is 0.744 e. The number of unbranched alkanes of at least 4 members (excludes halogenated alkanes) is 6. The first-order valence-corrected chi connectivity index (χ1v) is 28.4. The van der Waals surface area contributed by atoms with Crippen LogP contribution in [0.4, 0.5) is 22.7 Å². The third-order valence-electron chi connectivity index (χ3n) is 12.3. The van der Waals surface area contributed by atoms with E-state index >= 15 is 0 Å². The Hall–Kier alpha value is -7.36. The minimum atomic E-state index is -5.30. The standard InChI is InChI=1S/C59H56N4O18S2.2Na/c1-3-54(64)78-31-11-7-5-9-13-38-15-19-40(20-16-38)58(70)80-50-29-27-44(34-48(50)56(66)67)60-62-46-25-23-42(52(36-46)82(72,73)74)33-43-24-26-47(37-53(43)83(75,76)77)63-61-45-28-30-51(49(35-45)57(68)69)81-59(71)41-21-17-39(18-22-41)14-10-6-8-12-32-79-55(65)4-2;;/h3-4,15-30,34-37H,1-2,5-14,31-33H2,(H,66,67)(H,68,69)(H,72,73,74)(H,75,76,77);;/q;2*+1/p-2. The van der Waals surface area contributed by atoms with Gasteiger partial charge in [-0.3, -0.25) is 0 Å². The molecule has 0 heterocycles. The van der Waals surface area contributed by atoms with Crippen molar-refractivity contribution in [3.05, 3.63) is 191 Å². The van der Waals surface area contributed by atoms with Crippen molar-refractivity contribution < 1.29 is 143 Å². The predicted molar refractivity (Wildman–Crippen MR) is 296 cm³/mol. The summed E-state index contributed by atoms with van der Waals surface area (Å²) in [4.78, 5) is 71.1. The molecule has 0 spiro atoms. The number of esters is 4. The van der Waals surface area contributed by atoms with Crippen LogP contribution in [0.1, 0.15) is 115 Å². The number of aryl methyl sites for hydroxylation is 2. The van der Waals surface area contributed by atoms with Gasteiger partial charge in [0.1, 0.15) is 42.9 Å². The van der Waals surface area contributed by atoms with Crippen LogP contribution in [-0.4, -0.2) is 85.2 Å². The molecule has 0 fully saturated rings. The summed E-state index contributed by atoms with van der Waals surface area (Å²) in [6, 6.07) is 26.6. The Morgan fingerprint density at radius 2 is 0.788 bits per heavy atom. The van der Waals surface area contributed by atoms with Crippen molar-refractivity contribution in [1.29, 1.82) is 0 Å². The molecule has 432 valence electrons. The molecule has 6 rings (SSSR count). The second-order valence-corrected chi connectivity index (χ2v) is 21.0. The second kappa shape index (κ2) is 34.0. The maximum Gasteiger partial charge on any atom is 1.00 e. The normalized spacial score (nSPS) is 11.2. The SMILES string of the molecule is C=CC(=O)OCCCCCCc1ccc(C(=O)Oc2ccc(N=Nc3ccc(Cc4ccc(N=Nc5ccc(OC(=O)c6ccc(CCCCCCOC(=O)C=C)cc6)c(C(=O)O)c5)cc4S(=O)(=O)[O-])c(S(=O)(=O)[O-])c3)cc2C(=O)O)cc1.[Na+].[Na+]. The van der Waals surface area contributed by atoms with Crippen LogP contribution in [0.2, 0.25) is 0 Å². The third kappa shape index (κ3) is 22.2. The first-order valence-electron chi connectivity index (χ1n) is 25.6. The summed E-state index contributed by atoms with van der Waals surface area (Å²) >= 11 is 0. The molecule has 0 bridgehead atoms. The average molecular weight is 1220 g/mol. The molecule has 0 unspecified atom stereocenters. The van der Waals surface area contributed by atoms with Crippen LogP contribution in [0.5, 0.6) is 11.5 Å².